The molecule has 0 radical (unpaired) electrons. The summed E-state index contributed by atoms with van der Waals surface area (Å²) >= 11 is 0. The van der Waals surface area contributed by atoms with Crippen molar-refractivity contribution in [3.8, 4) is 0 Å². The summed E-state index contributed by atoms with van der Waals surface area (Å²) < 4.78 is 12.8. The van der Waals surface area contributed by atoms with Crippen LogP contribution in [0.5, 0.6) is 0 Å². The van der Waals surface area contributed by atoms with E-state index in [0.717, 1.165) is 13.0 Å². The minimum absolute atomic E-state index is 0.157. The number of benzene rings is 1. The van der Waals surface area contributed by atoms with Gasteiger partial charge in [0.05, 0.1) is 0 Å². The molecule has 0 aliphatic carbocycles. The van der Waals surface area contributed by atoms with Gasteiger partial charge in [0.15, 0.2) is 0 Å². The van der Waals surface area contributed by atoms with Gasteiger partial charge in [-0.25, -0.2) is 4.39 Å². The summed E-state index contributed by atoms with van der Waals surface area (Å²) in [4.78, 5) is 0. The van der Waals surface area contributed by atoms with Crippen molar-refractivity contribution in [3.63, 3.8) is 0 Å². The minimum atomic E-state index is -0.157. The van der Waals surface area contributed by atoms with Crippen LogP contribution in [0.2, 0.25) is 0 Å². The van der Waals surface area contributed by atoms with Crippen molar-refractivity contribution < 1.29 is 4.39 Å². The van der Waals surface area contributed by atoms with Crippen LogP contribution in [0, 0.1) is 17.7 Å². The molecule has 0 aromatic heterocycles. The van der Waals surface area contributed by atoms with Gasteiger partial charge in [-0.3, -0.25) is 0 Å². The maximum atomic E-state index is 12.8. The summed E-state index contributed by atoms with van der Waals surface area (Å²) in [5, 5.41) is 3.48. The first-order valence-corrected chi connectivity index (χ1v) is 6.47. The Morgan fingerprint density at radius 1 is 1.06 bits per heavy atom. The molecule has 0 fully saturated rings. The summed E-state index contributed by atoms with van der Waals surface area (Å²) in [6, 6.07) is 7.38. The summed E-state index contributed by atoms with van der Waals surface area (Å²) in [6.45, 7) is 9.84. The summed E-state index contributed by atoms with van der Waals surface area (Å²) in [5.74, 6) is 1.07. The van der Waals surface area contributed by atoms with E-state index in [9.17, 15) is 4.39 Å². The van der Waals surface area contributed by atoms with Gasteiger partial charge in [-0.2, -0.15) is 0 Å². The fraction of sp³-hybridized carbons (Fsp3) is 0.600. The summed E-state index contributed by atoms with van der Waals surface area (Å²) in [5.41, 5.74) is 1.22. The number of nitrogens with one attached hydrogen (secondary N) is 1. The molecule has 1 rings (SSSR count). The van der Waals surface area contributed by atoms with Crippen molar-refractivity contribution in [3.05, 3.63) is 35.6 Å². The molecule has 0 aliphatic heterocycles. The van der Waals surface area contributed by atoms with Crippen LogP contribution in [-0.2, 0) is 6.42 Å². The van der Waals surface area contributed by atoms with E-state index in [4.69, 9.17) is 0 Å². The Labute approximate surface area is 104 Å². The molecule has 1 aromatic rings. The quantitative estimate of drug-likeness (QED) is 0.796. The molecule has 0 heterocycles. The normalized spacial score (nSPS) is 13.4. The van der Waals surface area contributed by atoms with E-state index in [1.165, 1.54) is 5.56 Å². The highest BCUT2D eigenvalue weighted by Crippen LogP contribution is 2.17. The van der Waals surface area contributed by atoms with Crippen LogP contribution in [-0.4, -0.2) is 12.6 Å². The molecule has 0 spiro atoms. The second-order valence-electron chi connectivity index (χ2n) is 5.40. The minimum Gasteiger partial charge on any atom is -0.314 e. The van der Waals surface area contributed by atoms with E-state index in [1.54, 1.807) is 12.1 Å². The van der Waals surface area contributed by atoms with Crippen molar-refractivity contribution in [2.45, 2.75) is 40.2 Å². The smallest absolute Gasteiger partial charge is 0.123 e. The molecule has 0 saturated heterocycles. The highest BCUT2D eigenvalue weighted by atomic mass is 19.1. The highest BCUT2D eigenvalue weighted by molar-refractivity contribution is 5.16. The van der Waals surface area contributed by atoms with Crippen LogP contribution in [0.15, 0.2) is 24.3 Å². The Hall–Kier alpha value is -0.890. The fourth-order valence-corrected chi connectivity index (χ4v) is 1.85. The van der Waals surface area contributed by atoms with Gasteiger partial charge in [-0.1, -0.05) is 39.8 Å². The molecule has 1 unspecified atom stereocenters. The maximum absolute atomic E-state index is 12.8. The predicted molar refractivity (Wildman–Crippen MR) is 71.6 cm³/mol. The molecule has 1 nitrogen and oxygen atoms in total. The van der Waals surface area contributed by atoms with Crippen LogP contribution in [0.25, 0.3) is 0 Å². The molecular formula is C15H24FN. The average molecular weight is 237 g/mol. The fourth-order valence-electron chi connectivity index (χ4n) is 1.85. The molecule has 0 amide bonds. The van der Waals surface area contributed by atoms with Crippen molar-refractivity contribution >= 4 is 0 Å². The molecule has 17 heavy (non-hydrogen) atoms. The van der Waals surface area contributed by atoms with E-state index in [0.29, 0.717) is 17.9 Å². The monoisotopic (exact) mass is 237 g/mol. The zero-order chi connectivity index (χ0) is 12.8. The van der Waals surface area contributed by atoms with E-state index in [-0.39, 0.29) is 5.82 Å². The molecule has 0 bridgehead atoms. The van der Waals surface area contributed by atoms with E-state index >= 15 is 0 Å². The molecule has 0 saturated carbocycles. The van der Waals surface area contributed by atoms with Crippen LogP contribution >= 0.6 is 0 Å². The molecule has 0 aliphatic rings. The molecule has 2 heteroatoms. The lowest BCUT2D eigenvalue weighted by Gasteiger charge is -2.23. The van der Waals surface area contributed by atoms with Gasteiger partial charge in [-0.15, -0.1) is 0 Å². The SMILES string of the molecule is CC(C)NCC(Cc1ccc(F)cc1)C(C)C. The number of hydrogen-bond donors (Lipinski definition) is 1. The average Bonchev–Trinajstić information content (AvgIpc) is 2.26. The lowest BCUT2D eigenvalue weighted by molar-refractivity contribution is 0.349. The number of halogens is 1. The van der Waals surface area contributed by atoms with E-state index < -0.39 is 0 Å². The third-order valence-electron chi connectivity index (χ3n) is 3.14. The zero-order valence-corrected chi connectivity index (χ0v) is 11.3. The Kier molecular flexibility index (Phi) is 5.63. The Morgan fingerprint density at radius 2 is 1.65 bits per heavy atom. The first-order valence-electron chi connectivity index (χ1n) is 6.47. The lowest BCUT2D eigenvalue weighted by atomic mass is 9.89. The Balaban J connectivity index is 2.57. The standard InChI is InChI=1S/C15H24FN/c1-11(2)14(10-17-12(3)4)9-13-5-7-15(16)8-6-13/h5-8,11-12,14,17H,9-10H2,1-4H3. The number of hydrogen-bond acceptors (Lipinski definition) is 1. The molecule has 1 aromatic carbocycles. The van der Waals surface area contributed by atoms with Crippen LogP contribution in [0.1, 0.15) is 33.3 Å². The maximum Gasteiger partial charge on any atom is 0.123 e. The zero-order valence-electron chi connectivity index (χ0n) is 11.3. The van der Waals surface area contributed by atoms with Crippen molar-refractivity contribution in [2.75, 3.05) is 6.54 Å². The first kappa shape index (κ1) is 14.2. The largest absolute Gasteiger partial charge is 0.314 e. The topological polar surface area (TPSA) is 12.0 Å². The van der Waals surface area contributed by atoms with Gasteiger partial charge in [0.1, 0.15) is 5.82 Å². The van der Waals surface area contributed by atoms with Crippen molar-refractivity contribution in [1.82, 2.24) is 5.32 Å². The van der Waals surface area contributed by atoms with Gasteiger partial charge < -0.3 is 5.32 Å². The van der Waals surface area contributed by atoms with Gasteiger partial charge >= 0.3 is 0 Å². The summed E-state index contributed by atoms with van der Waals surface area (Å²) in [7, 11) is 0. The second-order valence-corrected chi connectivity index (χ2v) is 5.40. The van der Waals surface area contributed by atoms with Crippen molar-refractivity contribution in [2.24, 2.45) is 11.8 Å². The Morgan fingerprint density at radius 3 is 2.12 bits per heavy atom. The van der Waals surface area contributed by atoms with Gasteiger partial charge in [0.25, 0.3) is 0 Å². The van der Waals surface area contributed by atoms with E-state index in [1.807, 2.05) is 12.1 Å². The molecule has 1 N–H and O–H groups in total. The van der Waals surface area contributed by atoms with Gasteiger partial charge in [-0.05, 0) is 42.5 Å². The number of rotatable bonds is 6. The van der Waals surface area contributed by atoms with Crippen LogP contribution in [0.4, 0.5) is 4.39 Å². The Bertz CT molecular complexity index is 316. The molecular weight excluding hydrogens is 213 g/mol. The highest BCUT2D eigenvalue weighted by Gasteiger charge is 2.14. The molecule has 1 atom stereocenters. The van der Waals surface area contributed by atoms with Crippen LogP contribution in [0.3, 0.4) is 0 Å². The van der Waals surface area contributed by atoms with Crippen molar-refractivity contribution in [1.29, 1.82) is 0 Å². The third kappa shape index (κ3) is 5.31. The molecule has 96 valence electrons. The van der Waals surface area contributed by atoms with E-state index in [2.05, 4.69) is 33.0 Å². The first-order chi connectivity index (χ1) is 7.99. The third-order valence-corrected chi connectivity index (χ3v) is 3.14. The van der Waals surface area contributed by atoms with Gasteiger partial charge in [0.2, 0.25) is 0 Å². The van der Waals surface area contributed by atoms with Gasteiger partial charge in [0, 0.05) is 6.04 Å². The predicted octanol–water partition coefficient (Wildman–Crippen LogP) is 3.64. The lowest BCUT2D eigenvalue weighted by Crippen LogP contribution is -2.32. The van der Waals surface area contributed by atoms with Crippen LogP contribution < -0.4 is 5.32 Å². The summed E-state index contributed by atoms with van der Waals surface area (Å²) in [6.07, 6.45) is 1.01. The second kappa shape index (κ2) is 6.75.